The van der Waals surface area contributed by atoms with Gasteiger partial charge in [-0.15, -0.1) is 0 Å². The fourth-order valence-corrected chi connectivity index (χ4v) is 2.79. The van der Waals surface area contributed by atoms with Crippen LogP contribution in [0.4, 0.5) is 4.39 Å². The van der Waals surface area contributed by atoms with Gasteiger partial charge in [-0.05, 0) is 36.6 Å². The van der Waals surface area contributed by atoms with Crippen molar-refractivity contribution in [2.45, 2.75) is 26.3 Å². The van der Waals surface area contributed by atoms with Crippen LogP contribution < -0.4 is 10.5 Å². The largest absolute Gasteiger partial charge is 0.484 e. The van der Waals surface area contributed by atoms with Crippen molar-refractivity contribution < 1.29 is 18.7 Å². The number of nitrogens with zero attached hydrogens (tertiary/aromatic N) is 2. The highest BCUT2D eigenvalue weighted by molar-refractivity contribution is 5.82. The molecule has 1 aliphatic rings. The summed E-state index contributed by atoms with van der Waals surface area (Å²) in [4.78, 5) is 27.9. The number of rotatable bonds is 6. The minimum absolute atomic E-state index is 0.0524. The van der Waals surface area contributed by atoms with E-state index in [9.17, 15) is 14.0 Å². The van der Waals surface area contributed by atoms with Crippen molar-refractivity contribution in [3.63, 3.8) is 0 Å². The van der Waals surface area contributed by atoms with E-state index < -0.39 is 6.04 Å². The summed E-state index contributed by atoms with van der Waals surface area (Å²) in [7, 11) is 0. The zero-order valence-corrected chi connectivity index (χ0v) is 14.8. The number of carbonyl (C=O) groups is 2. The van der Waals surface area contributed by atoms with Gasteiger partial charge in [0.05, 0.1) is 6.04 Å². The Morgan fingerprint density at radius 1 is 1.12 bits per heavy atom. The van der Waals surface area contributed by atoms with Crippen molar-refractivity contribution >= 4 is 11.8 Å². The van der Waals surface area contributed by atoms with E-state index >= 15 is 0 Å². The van der Waals surface area contributed by atoms with Crippen LogP contribution in [0.5, 0.6) is 5.75 Å². The van der Waals surface area contributed by atoms with Crippen LogP contribution in [-0.2, 0) is 9.59 Å². The predicted molar refractivity (Wildman–Crippen MR) is 92.5 cm³/mol. The van der Waals surface area contributed by atoms with Gasteiger partial charge in [0.25, 0.3) is 5.91 Å². The maximum atomic E-state index is 12.8. The summed E-state index contributed by atoms with van der Waals surface area (Å²) in [6.45, 7) is 5.85. The van der Waals surface area contributed by atoms with Crippen molar-refractivity contribution in [1.29, 1.82) is 0 Å². The Balaban J connectivity index is 1.76. The van der Waals surface area contributed by atoms with Crippen LogP contribution in [-0.4, -0.2) is 60.4 Å². The quantitative estimate of drug-likeness (QED) is 0.837. The van der Waals surface area contributed by atoms with Crippen LogP contribution in [0.1, 0.15) is 20.3 Å². The van der Waals surface area contributed by atoms with Crippen LogP contribution in [0.2, 0.25) is 0 Å². The number of carbonyl (C=O) groups excluding carboxylic acids is 2. The van der Waals surface area contributed by atoms with E-state index in [1.807, 2.05) is 13.8 Å². The molecule has 1 atom stereocenters. The molecule has 0 unspecified atom stereocenters. The number of amides is 2. The molecule has 0 radical (unpaired) electrons. The third-order valence-corrected chi connectivity index (χ3v) is 4.16. The number of ether oxygens (including phenoxy) is 1. The fourth-order valence-electron chi connectivity index (χ4n) is 2.79. The molecule has 7 heteroatoms. The predicted octanol–water partition coefficient (Wildman–Crippen LogP) is 1.25. The Kier molecular flexibility index (Phi) is 6.75. The second-order valence-electron chi connectivity index (χ2n) is 6.68. The molecule has 2 amide bonds. The number of hydrogen-bond donors (Lipinski definition) is 1. The average Bonchev–Trinajstić information content (AvgIpc) is 2.60. The van der Waals surface area contributed by atoms with E-state index in [-0.39, 0.29) is 24.2 Å². The van der Waals surface area contributed by atoms with Crippen molar-refractivity contribution in [2.24, 2.45) is 11.7 Å². The summed E-state index contributed by atoms with van der Waals surface area (Å²) in [5.41, 5.74) is 5.95. The molecule has 6 nitrogen and oxygen atoms in total. The lowest BCUT2D eigenvalue weighted by molar-refractivity contribution is -0.141. The van der Waals surface area contributed by atoms with Crippen LogP contribution >= 0.6 is 0 Å². The molecule has 0 aliphatic carbocycles. The summed E-state index contributed by atoms with van der Waals surface area (Å²) in [6.07, 6.45) is 0.656. The lowest BCUT2D eigenvalue weighted by atomic mass is 10.0. The molecular weight excluding hydrogens is 325 g/mol. The van der Waals surface area contributed by atoms with E-state index in [1.54, 1.807) is 9.80 Å². The Morgan fingerprint density at radius 3 is 2.24 bits per heavy atom. The summed E-state index contributed by atoms with van der Waals surface area (Å²) in [5.74, 6) is 0.259. The highest BCUT2D eigenvalue weighted by Gasteiger charge is 2.27. The minimum Gasteiger partial charge on any atom is -0.484 e. The normalized spacial score (nSPS) is 16.0. The van der Waals surface area contributed by atoms with Gasteiger partial charge >= 0.3 is 0 Å². The average molecular weight is 351 g/mol. The SMILES string of the molecule is CC(C)C[C@H](N)C(=O)N1CCN(C(=O)COc2ccc(F)cc2)CC1. The smallest absolute Gasteiger partial charge is 0.260 e. The molecule has 1 heterocycles. The molecule has 2 N–H and O–H groups in total. The minimum atomic E-state index is -0.482. The number of piperazine rings is 1. The van der Waals surface area contributed by atoms with Crippen molar-refractivity contribution in [1.82, 2.24) is 9.80 Å². The fraction of sp³-hybridized carbons (Fsp3) is 0.556. The van der Waals surface area contributed by atoms with Crippen molar-refractivity contribution in [2.75, 3.05) is 32.8 Å². The van der Waals surface area contributed by atoms with Gasteiger partial charge in [-0.3, -0.25) is 9.59 Å². The maximum absolute atomic E-state index is 12.8. The van der Waals surface area contributed by atoms with Gasteiger partial charge < -0.3 is 20.3 Å². The maximum Gasteiger partial charge on any atom is 0.260 e. The summed E-state index contributed by atoms with van der Waals surface area (Å²) < 4.78 is 18.2. The van der Waals surface area contributed by atoms with Crippen LogP contribution in [0.25, 0.3) is 0 Å². The van der Waals surface area contributed by atoms with Gasteiger partial charge in [-0.1, -0.05) is 13.8 Å². The molecule has 0 saturated carbocycles. The first-order chi connectivity index (χ1) is 11.9. The lowest BCUT2D eigenvalue weighted by Gasteiger charge is -2.36. The number of hydrogen-bond acceptors (Lipinski definition) is 4. The molecule has 2 rings (SSSR count). The summed E-state index contributed by atoms with van der Waals surface area (Å²) >= 11 is 0. The van der Waals surface area contributed by atoms with Crippen LogP contribution in [0.15, 0.2) is 24.3 Å². The molecule has 1 aromatic rings. The Morgan fingerprint density at radius 2 is 1.68 bits per heavy atom. The first-order valence-electron chi connectivity index (χ1n) is 8.57. The zero-order chi connectivity index (χ0) is 18.4. The third-order valence-electron chi connectivity index (χ3n) is 4.16. The molecular formula is C18H26FN3O3. The summed E-state index contributed by atoms with van der Waals surface area (Å²) in [6, 6.07) is 5.05. The van der Waals surface area contributed by atoms with E-state index in [4.69, 9.17) is 10.5 Å². The van der Waals surface area contributed by atoms with E-state index in [2.05, 4.69) is 0 Å². The lowest BCUT2D eigenvalue weighted by Crippen LogP contribution is -2.55. The second kappa shape index (κ2) is 8.80. The molecule has 138 valence electrons. The topological polar surface area (TPSA) is 75.9 Å². The first-order valence-corrected chi connectivity index (χ1v) is 8.57. The van der Waals surface area contributed by atoms with Gasteiger partial charge in [0.15, 0.2) is 6.61 Å². The van der Waals surface area contributed by atoms with Gasteiger partial charge in [-0.25, -0.2) is 4.39 Å². The van der Waals surface area contributed by atoms with Gasteiger partial charge in [0.1, 0.15) is 11.6 Å². The second-order valence-corrected chi connectivity index (χ2v) is 6.68. The Labute approximate surface area is 147 Å². The van der Waals surface area contributed by atoms with E-state index in [1.165, 1.54) is 24.3 Å². The summed E-state index contributed by atoms with van der Waals surface area (Å²) in [5, 5.41) is 0. The standard InChI is InChI=1S/C18H26FN3O3/c1-13(2)11-16(20)18(24)22-9-7-21(8-10-22)17(23)12-25-15-5-3-14(19)4-6-15/h3-6,13,16H,7-12,20H2,1-2H3/t16-/m0/s1. The highest BCUT2D eigenvalue weighted by Crippen LogP contribution is 2.12. The molecule has 0 bridgehead atoms. The molecule has 1 saturated heterocycles. The number of halogens is 1. The Bertz CT molecular complexity index is 584. The van der Waals surface area contributed by atoms with Gasteiger partial charge in [0, 0.05) is 26.2 Å². The van der Waals surface area contributed by atoms with Crippen molar-refractivity contribution in [3.8, 4) is 5.75 Å². The zero-order valence-electron chi connectivity index (χ0n) is 14.8. The highest BCUT2D eigenvalue weighted by atomic mass is 19.1. The van der Waals surface area contributed by atoms with Gasteiger partial charge in [-0.2, -0.15) is 0 Å². The molecule has 1 fully saturated rings. The van der Waals surface area contributed by atoms with Crippen molar-refractivity contribution in [3.05, 3.63) is 30.1 Å². The van der Waals surface area contributed by atoms with Gasteiger partial charge in [0.2, 0.25) is 5.91 Å². The first kappa shape index (κ1) is 19.2. The van der Waals surface area contributed by atoms with E-state index in [0.29, 0.717) is 44.3 Å². The molecule has 0 spiro atoms. The monoisotopic (exact) mass is 351 g/mol. The number of nitrogens with two attached hydrogens (primary N) is 1. The molecule has 1 aliphatic heterocycles. The third kappa shape index (κ3) is 5.70. The molecule has 25 heavy (non-hydrogen) atoms. The van der Waals surface area contributed by atoms with Crippen LogP contribution in [0.3, 0.4) is 0 Å². The molecule has 1 aromatic carbocycles. The number of benzene rings is 1. The Hall–Kier alpha value is -2.15. The van der Waals surface area contributed by atoms with Crippen LogP contribution in [0, 0.1) is 11.7 Å². The molecule has 0 aromatic heterocycles. The van der Waals surface area contributed by atoms with E-state index in [0.717, 1.165) is 0 Å².